The molecule has 0 spiro atoms. The molecule has 1 aromatic heterocycles. The number of benzene rings is 1. The number of nitrogens with one attached hydrogen (secondary N) is 3. The molecule has 0 saturated heterocycles. The zero-order valence-corrected chi connectivity index (χ0v) is 18.6. The van der Waals surface area contributed by atoms with Crippen LogP contribution in [0.25, 0.3) is 0 Å². The fourth-order valence-corrected chi connectivity index (χ4v) is 3.92. The van der Waals surface area contributed by atoms with Crippen molar-refractivity contribution in [3.8, 4) is 5.75 Å². The molecule has 1 aromatic carbocycles. The second-order valence-electron chi connectivity index (χ2n) is 8.16. The van der Waals surface area contributed by atoms with E-state index in [0.29, 0.717) is 24.6 Å². The van der Waals surface area contributed by atoms with E-state index < -0.39 is 12.4 Å². The topological polar surface area (TPSA) is 123 Å². The number of amides is 2. The lowest BCUT2D eigenvalue weighted by atomic mass is 9.84. The smallest absolute Gasteiger partial charge is 0.406 e. The van der Waals surface area contributed by atoms with Crippen molar-refractivity contribution >= 4 is 17.5 Å². The Morgan fingerprint density at radius 1 is 1.12 bits per heavy atom. The molecule has 0 radical (unpaired) electrons. The highest BCUT2D eigenvalue weighted by Crippen LogP contribution is 2.27. The van der Waals surface area contributed by atoms with Crippen molar-refractivity contribution in [1.82, 2.24) is 30.8 Å². The Balaban J connectivity index is 1.46. The van der Waals surface area contributed by atoms with Crippen molar-refractivity contribution in [2.45, 2.75) is 57.5 Å². The van der Waals surface area contributed by atoms with Gasteiger partial charge < -0.3 is 20.7 Å². The molecular weight excluding hydrogens is 455 g/mol. The van der Waals surface area contributed by atoms with Gasteiger partial charge in [0.25, 0.3) is 0 Å². The molecular formula is C21H28F3N7O3. The number of anilines is 1. The van der Waals surface area contributed by atoms with Crippen molar-refractivity contribution in [3.05, 3.63) is 30.6 Å². The first-order valence-corrected chi connectivity index (χ1v) is 11.2. The number of aromatic nitrogens is 4. The lowest BCUT2D eigenvalue weighted by Crippen LogP contribution is -2.49. The normalized spacial score (nSPS) is 15.4. The van der Waals surface area contributed by atoms with Gasteiger partial charge in [0.1, 0.15) is 24.7 Å². The number of tetrazole rings is 1. The molecule has 1 fully saturated rings. The number of alkyl halides is 3. The summed E-state index contributed by atoms with van der Waals surface area (Å²) in [4.78, 5) is 25.2. The van der Waals surface area contributed by atoms with Crippen LogP contribution in [-0.2, 0) is 16.1 Å². The maximum atomic E-state index is 12.8. The monoisotopic (exact) mass is 483 g/mol. The summed E-state index contributed by atoms with van der Waals surface area (Å²) in [6.07, 6.45) is 2.63. The minimum absolute atomic E-state index is 0.0863. The summed E-state index contributed by atoms with van der Waals surface area (Å²) in [5, 5.41) is 19.3. The zero-order valence-electron chi connectivity index (χ0n) is 18.6. The molecule has 0 aliphatic heterocycles. The molecule has 2 aromatic rings. The summed E-state index contributed by atoms with van der Waals surface area (Å²) in [5.41, 5.74) is 0.581. The Morgan fingerprint density at radius 3 is 2.50 bits per heavy atom. The predicted molar refractivity (Wildman–Crippen MR) is 116 cm³/mol. The van der Waals surface area contributed by atoms with Gasteiger partial charge in [-0.2, -0.15) is 0 Å². The third kappa shape index (κ3) is 8.87. The average Bonchev–Trinajstić information content (AvgIpc) is 3.30. The minimum atomic E-state index is -4.74. The van der Waals surface area contributed by atoms with Gasteiger partial charge in [-0.25, -0.2) is 4.68 Å². The first-order valence-electron chi connectivity index (χ1n) is 11.2. The van der Waals surface area contributed by atoms with Gasteiger partial charge in [0.15, 0.2) is 0 Å². The summed E-state index contributed by atoms with van der Waals surface area (Å²) < 4.78 is 41.8. The molecule has 1 saturated carbocycles. The van der Waals surface area contributed by atoms with Gasteiger partial charge in [0.2, 0.25) is 11.8 Å². The number of carbonyl (C=O) groups excluding carboxylic acids is 2. The summed E-state index contributed by atoms with van der Waals surface area (Å²) in [7, 11) is 0. The van der Waals surface area contributed by atoms with Gasteiger partial charge in [-0.15, -0.1) is 18.3 Å². The standard InChI is InChI=1S/C21H28F3N7O3/c22-21(23,24)34-17-8-6-16(7-9-17)25-10-11-26-20(33)18(12-15-4-2-1-3-5-15)28-19(32)13-31-14-27-29-30-31/h6-9,14-15,18,25H,1-5,10-13H2,(H,26,33)(H,28,32)/t18-/m0/s1. The summed E-state index contributed by atoms with van der Waals surface area (Å²) in [5.74, 6) is -0.586. The van der Waals surface area contributed by atoms with Gasteiger partial charge in [-0.1, -0.05) is 32.1 Å². The molecule has 1 atom stereocenters. The third-order valence-corrected chi connectivity index (χ3v) is 5.48. The molecule has 10 nitrogen and oxygen atoms in total. The maximum Gasteiger partial charge on any atom is 0.573 e. The van der Waals surface area contributed by atoms with E-state index in [0.717, 1.165) is 25.7 Å². The van der Waals surface area contributed by atoms with E-state index >= 15 is 0 Å². The lowest BCUT2D eigenvalue weighted by Gasteiger charge is -2.26. The lowest BCUT2D eigenvalue weighted by molar-refractivity contribution is -0.274. The van der Waals surface area contributed by atoms with E-state index in [1.54, 1.807) is 0 Å². The quantitative estimate of drug-likeness (QED) is 0.419. The summed E-state index contributed by atoms with van der Waals surface area (Å²) in [6.45, 7) is 0.528. The van der Waals surface area contributed by atoms with Crippen LogP contribution < -0.4 is 20.7 Å². The average molecular weight is 483 g/mol. The second kappa shape index (κ2) is 12.2. The van der Waals surface area contributed by atoms with Crippen LogP contribution in [0.1, 0.15) is 38.5 Å². The molecule has 3 N–H and O–H groups in total. The maximum absolute atomic E-state index is 12.8. The first-order chi connectivity index (χ1) is 16.3. The highest BCUT2D eigenvalue weighted by Gasteiger charge is 2.31. The van der Waals surface area contributed by atoms with E-state index in [1.807, 2.05) is 0 Å². The largest absolute Gasteiger partial charge is 0.573 e. The van der Waals surface area contributed by atoms with Crippen LogP contribution in [0.4, 0.5) is 18.9 Å². The number of ether oxygens (including phenoxy) is 1. The molecule has 3 rings (SSSR count). The molecule has 2 amide bonds. The van der Waals surface area contributed by atoms with Gasteiger partial charge in [0.05, 0.1) is 0 Å². The zero-order chi connectivity index (χ0) is 24.4. The number of nitrogens with zero attached hydrogens (tertiary/aromatic N) is 4. The Labute approximate surface area is 194 Å². The van der Waals surface area contributed by atoms with Crippen LogP contribution in [0.3, 0.4) is 0 Å². The van der Waals surface area contributed by atoms with Gasteiger partial charge in [-0.3, -0.25) is 9.59 Å². The number of halogens is 3. The Kier molecular flexibility index (Phi) is 9.05. The molecule has 0 bridgehead atoms. The van der Waals surface area contributed by atoms with Crippen molar-refractivity contribution in [2.75, 3.05) is 18.4 Å². The number of hydrogen-bond donors (Lipinski definition) is 3. The minimum Gasteiger partial charge on any atom is -0.406 e. The van der Waals surface area contributed by atoms with Crippen molar-refractivity contribution in [3.63, 3.8) is 0 Å². The van der Waals surface area contributed by atoms with E-state index in [-0.39, 0.29) is 30.7 Å². The SMILES string of the molecule is O=C(Cn1cnnn1)N[C@@H](CC1CCCCC1)C(=O)NCCNc1ccc(OC(F)(F)F)cc1. The summed E-state index contributed by atoms with van der Waals surface area (Å²) in [6, 6.07) is 4.64. The van der Waals surface area contributed by atoms with E-state index in [9.17, 15) is 22.8 Å². The Morgan fingerprint density at radius 2 is 1.85 bits per heavy atom. The Bertz CT molecular complexity index is 901. The van der Waals surface area contributed by atoms with Crippen molar-refractivity contribution < 1.29 is 27.5 Å². The highest BCUT2D eigenvalue weighted by molar-refractivity contribution is 5.87. The molecule has 186 valence electrons. The molecule has 1 aliphatic carbocycles. The van der Waals surface area contributed by atoms with Gasteiger partial charge in [0, 0.05) is 18.8 Å². The Hall–Kier alpha value is -3.38. The third-order valence-electron chi connectivity index (χ3n) is 5.48. The van der Waals surface area contributed by atoms with E-state index in [2.05, 4.69) is 36.2 Å². The molecule has 13 heteroatoms. The molecule has 1 aliphatic rings. The number of rotatable bonds is 11. The summed E-state index contributed by atoms with van der Waals surface area (Å²) >= 11 is 0. The van der Waals surface area contributed by atoms with Crippen LogP contribution in [0.2, 0.25) is 0 Å². The van der Waals surface area contributed by atoms with Gasteiger partial charge >= 0.3 is 6.36 Å². The van der Waals surface area contributed by atoms with E-state index in [4.69, 9.17) is 0 Å². The van der Waals surface area contributed by atoms with Crippen molar-refractivity contribution in [2.24, 2.45) is 5.92 Å². The molecule has 0 unspecified atom stereocenters. The van der Waals surface area contributed by atoms with Crippen LogP contribution in [0.15, 0.2) is 30.6 Å². The van der Waals surface area contributed by atoms with Gasteiger partial charge in [-0.05, 0) is 47.0 Å². The van der Waals surface area contributed by atoms with Crippen LogP contribution in [-0.4, -0.2) is 57.5 Å². The molecule has 1 heterocycles. The van der Waals surface area contributed by atoms with E-state index in [1.165, 1.54) is 41.7 Å². The fraction of sp³-hybridized carbons (Fsp3) is 0.571. The number of hydrogen-bond acceptors (Lipinski definition) is 7. The van der Waals surface area contributed by atoms with Crippen LogP contribution >= 0.6 is 0 Å². The fourth-order valence-electron chi connectivity index (χ4n) is 3.92. The predicted octanol–water partition coefficient (Wildman–Crippen LogP) is 2.26. The van der Waals surface area contributed by atoms with Crippen molar-refractivity contribution in [1.29, 1.82) is 0 Å². The van der Waals surface area contributed by atoms with Crippen LogP contribution in [0.5, 0.6) is 5.75 Å². The second-order valence-corrected chi connectivity index (χ2v) is 8.16. The van der Waals surface area contributed by atoms with Crippen LogP contribution in [0, 0.1) is 5.92 Å². The number of carbonyl (C=O) groups is 2. The first kappa shape index (κ1) is 25.2. The highest BCUT2D eigenvalue weighted by atomic mass is 19.4. The molecule has 34 heavy (non-hydrogen) atoms.